The quantitative estimate of drug-likeness (QED) is 0.503. The number of hydrogen-bond acceptors (Lipinski definition) is 4. The summed E-state index contributed by atoms with van der Waals surface area (Å²) in [5.74, 6) is 1.36. The van der Waals surface area contributed by atoms with Crippen LogP contribution in [0.15, 0.2) is 48.5 Å². The fourth-order valence-electron chi connectivity index (χ4n) is 5.58. The fourth-order valence-corrected chi connectivity index (χ4v) is 5.58. The summed E-state index contributed by atoms with van der Waals surface area (Å²) < 4.78 is 13.0. The van der Waals surface area contributed by atoms with Crippen molar-refractivity contribution in [2.24, 2.45) is 0 Å². The highest BCUT2D eigenvalue weighted by molar-refractivity contribution is 6.03. The number of nitrogens with zero attached hydrogens (tertiary/aromatic N) is 2. The second kappa shape index (κ2) is 9.88. The first-order valence-corrected chi connectivity index (χ1v) is 12.9. The van der Waals surface area contributed by atoms with Crippen LogP contribution in [0, 0.1) is 0 Å². The van der Waals surface area contributed by atoms with Gasteiger partial charge in [0, 0.05) is 24.0 Å². The number of rotatable bonds is 8. The molecule has 1 aliphatic carbocycles. The van der Waals surface area contributed by atoms with Gasteiger partial charge in [0.1, 0.15) is 22.7 Å². The second-order valence-electron chi connectivity index (χ2n) is 10.1. The number of benzene rings is 2. The lowest BCUT2D eigenvalue weighted by Crippen LogP contribution is -2.65. The van der Waals surface area contributed by atoms with Crippen molar-refractivity contribution in [1.82, 2.24) is 14.8 Å². The zero-order chi connectivity index (χ0) is 25.3. The standard InChI is InChI=1S/C29H35N3O4/c1-4-36-23-12-9-20(10-13-23)15-16-32-27(33)26-17-21-11-14-24(35-3)18-25(21)31(26)19-29(32,2)28(34)30-22-7-5-6-8-22/h9-14,17-18,22H,4-8,15-16,19H2,1-3H3,(H,30,34). The third-order valence-corrected chi connectivity index (χ3v) is 7.68. The minimum Gasteiger partial charge on any atom is -0.497 e. The Bertz CT molecular complexity index is 1260. The van der Waals surface area contributed by atoms with Gasteiger partial charge >= 0.3 is 0 Å². The molecule has 0 spiro atoms. The van der Waals surface area contributed by atoms with E-state index in [9.17, 15) is 9.59 Å². The van der Waals surface area contributed by atoms with Crippen molar-refractivity contribution in [3.63, 3.8) is 0 Å². The van der Waals surface area contributed by atoms with Crippen molar-refractivity contribution < 1.29 is 19.1 Å². The number of aromatic nitrogens is 1. The third kappa shape index (κ3) is 4.43. The summed E-state index contributed by atoms with van der Waals surface area (Å²) in [6.07, 6.45) is 4.91. The lowest BCUT2D eigenvalue weighted by molar-refractivity contribution is -0.133. The number of amides is 2. The van der Waals surface area contributed by atoms with Gasteiger partial charge in [0.2, 0.25) is 5.91 Å². The monoisotopic (exact) mass is 489 g/mol. The van der Waals surface area contributed by atoms with Crippen molar-refractivity contribution in [1.29, 1.82) is 0 Å². The van der Waals surface area contributed by atoms with E-state index in [-0.39, 0.29) is 17.9 Å². The highest BCUT2D eigenvalue weighted by Gasteiger charge is 2.48. The first-order valence-electron chi connectivity index (χ1n) is 12.9. The molecular formula is C29H35N3O4. The Hall–Kier alpha value is -3.48. The summed E-state index contributed by atoms with van der Waals surface area (Å²) in [6, 6.07) is 15.9. The van der Waals surface area contributed by atoms with Crippen molar-refractivity contribution in [2.45, 2.75) is 64.1 Å². The summed E-state index contributed by atoms with van der Waals surface area (Å²) in [6.45, 7) is 5.33. The van der Waals surface area contributed by atoms with Crippen molar-refractivity contribution >= 4 is 22.7 Å². The van der Waals surface area contributed by atoms with E-state index in [0.29, 0.717) is 31.8 Å². The minimum atomic E-state index is -1.01. The van der Waals surface area contributed by atoms with Crippen molar-refractivity contribution in [3.8, 4) is 11.5 Å². The topological polar surface area (TPSA) is 72.8 Å². The predicted octanol–water partition coefficient (Wildman–Crippen LogP) is 4.56. The van der Waals surface area contributed by atoms with E-state index in [1.807, 2.05) is 66.9 Å². The Kier molecular flexibility index (Phi) is 6.65. The number of nitrogens with one attached hydrogen (secondary N) is 1. The highest BCUT2D eigenvalue weighted by Crippen LogP contribution is 2.34. The van der Waals surface area contributed by atoms with E-state index in [0.717, 1.165) is 53.6 Å². The maximum absolute atomic E-state index is 13.9. The third-order valence-electron chi connectivity index (χ3n) is 7.68. The van der Waals surface area contributed by atoms with Crippen LogP contribution in [0.5, 0.6) is 11.5 Å². The van der Waals surface area contributed by atoms with Crippen LogP contribution in [0.4, 0.5) is 0 Å². The fraction of sp³-hybridized carbons (Fsp3) is 0.448. The van der Waals surface area contributed by atoms with Crippen LogP contribution in [0.1, 0.15) is 55.6 Å². The van der Waals surface area contributed by atoms with Gasteiger partial charge in [-0.15, -0.1) is 0 Å². The zero-order valence-corrected chi connectivity index (χ0v) is 21.4. The smallest absolute Gasteiger partial charge is 0.271 e. The van der Waals surface area contributed by atoms with Gasteiger partial charge < -0.3 is 24.3 Å². The number of methoxy groups -OCH3 is 1. The average Bonchev–Trinajstić information content (AvgIpc) is 3.52. The molecule has 5 rings (SSSR count). The van der Waals surface area contributed by atoms with Crippen molar-refractivity contribution in [3.05, 3.63) is 59.8 Å². The van der Waals surface area contributed by atoms with Gasteiger partial charge in [0.15, 0.2) is 0 Å². The van der Waals surface area contributed by atoms with E-state index in [1.54, 1.807) is 12.0 Å². The first-order chi connectivity index (χ1) is 17.4. The maximum atomic E-state index is 13.9. The van der Waals surface area contributed by atoms with Crippen LogP contribution >= 0.6 is 0 Å². The molecule has 1 fully saturated rings. The lowest BCUT2D eigenvalue weighted by atomic mass is 9.93. The molecule has 36 heavy (non-hydrogen) atoms. The Morgan fingerprint density at radius 3 is 2.50 bits per heavy atom. The number of ether oxygens (including phenoxy) is 2. The highest BCUT2D eigenvalue weighted by atomic mass is 16.5. The van der Waals surface area contributed by atoms with Gasteiger partial charge in [-0.2, -0.15) is 0 Å². The number of carbonyl (C=O) groups is 2. The van der Waals surface area contributed by atoms with Crippen LogP contribution in [0.25, 0.3) is 10.9 Å². The molecule has 1 saturated carbocycles. The molecule has 3 aromatic rings. The van der Waals surface area contributed by atoms with E-state index >= 15 is 0 Å². The molecule has 2 heterocycles. The zero-order valence-electron chi connectivity index (χ0n) is 21.4. The molecule has 7 heteroatoms. The Balaban J connectivity index is 1.47. The molecule has 1 unspecified atom stereocenters. The molecule has 7 nitrogen and oxygen atoms in total. The summed E-state index contributed by atoms with van der Waals surface area (Å²) >= 11 is 0. The molecule has 0 bridgehead atoms. The van der Waals surface area contributed by atoms with Gasteiger partial charge in [0.05, 0.1) is 25.8 Å². The number of carbonyl (C=O) groups excluding carboxylic acids is 2. The lowest BCUT2D eigenvalue weighted by Gasteiger charge is -2.44. The van der Waals surface area contributed by atoms with E-state index in [4.69, 9.17) is 9.47 Å². The van der Waals surface area contributed by atoms with Crippen LogP contribution in [-0.2, 0) is 17.8 Å². The normalized spacial score (nSPS) is 20.0. The van der Waals surface area contributed by atoms with Crippen LogP contribution in [0.2, 0.25) is 0 Å². The maximum Gasteiger partial charge on any atom is 0.271 e. The van der Waals surface area contributed by atoms with E-state index in [1.165, 1.54) is 0 Å². The van der Waals surface area contributed by atoms with Gasteiger partial charge in [-0.1, -0.05) is 25.0 Å². The second-order valence-corrected chi connectivity index (χ2v) is 10.1. The molecule has 1 N–H and O–H groups in total. The SMILES string of the molecule is CCOc1ccc(CCN2C(=O)c3cc4ccc(OC)cc4n3CC2(C)C(=O)NC2CCCC2)cc1. The molecule has 0 saturated heterocycles. The summed E-state index contributed by atoms with van der Waals surface area (Å²) in [5.41, 5.74) is 1.60. The molecule has 2 amide bonds. The van der Waals surface area contributed by atoms with Crippen LogP contribution in [-0.4, -0.2) is 53.1 Å². The van der Waals surface area contributed by atoms with E-state index in [2.05, 4.69) is 5.32 Å². The van der Waals surface area contributed by atoms with E-state index < -0.39 is 5.54 Å². The molecule has 2 aromatic carbocycles. The molecule has 1 atom stereocenters. The summed E-state index contributed by atoms with van der Waals surface area (Å²) in [7, 11) is 1.63. The molecular weight excluding hydrogens is 454 g/mol. The van der Waals surface area contributed by atoms with Gasteiger partial charge in [-0.25, -0.2) is 0 Å². The largest absolute Gasteiger partial charge is 0.497 e. The Morgan fingerprint density at radius 1 is 1.08 bits per heavy atom. The minimum absolute atomic E-state index is 0.0789. The van der Waals surface area contributed by atoms with Crippen LogP contribution < -0.4 is 14.8 Å². The Labute approximate surface area is 212 Å². The first kappa shape index (κ1) is 24.2. The molecule has 1 aromatic heterocycles. The van der Waals surface area contributed by atoms with Crippen molar-refractivity contribution in [2.75, 3.05) is 20.3 Å². The molecule has 0 radical (unpaired) electrons. The molecule has 1 aliphatic heterocycles. The van der Waals surface area contributed by atoms with Gasteiger partial charge in [-0.3, -0.25) is 9.59 Å². The summed E-state index contributed by atoms with van der Waals surface area (Å²) in [5, 5.41) is 4.23. The number of hydrogen-bond donors (Lipinski definition) is 1. The van der Waals surface area contributed by atoms with Gasteiger partial charge in [0.25, 0.3) is 5.91 Å². The Morgan fingerprint density at radius 2 is 1.81 bits per heavy atom. The van der Waals surface area contributed by atoms with Crippen LogP contribution in [0.3, 0.4) is 0 Å². The molecule has 190 valence electrons. The predicted molar refractivity (Wildman–Crippen MR) is 140 cm³/mol. The molecule has 2 aliphatic rings. The van der Waals surface area contributed by atoms with Gasteiger partial charge in [-0.05, 0) is 69.0 Å². The summed E-state index contributed by atoms with van der Waals surface area (Å²) in [4.78, 5) is 29.5. The number of fused-ring (bicyclic) bond motifs is 3. The average molecular weight is 490 g/mol.